The van der Waals surface area contributed by atoms with E-state index in [2.05, 4.69) is 15.9 Å². The minimum absolute atomic E-state index is 0.103. The summed E-state index contributed by atoms with van der Waals surface area (Å²) in [5.74, 6) is -5.86. The van der Waals surface area contributed by atoms with Crippen LogP contribution in [0, 0.1) is 6.07 Å². The number of alkyl halides is 9. The van der Waals surface area contributed by atoms with E-state index in [0.717, 1.165) is 0 Å². The number of benzene rings is 1. The van der Waals surface area contributed by atoms with E-state index >= 15 is 0 Å². The van der Waals surface area contributed by atoms with Crippen LogP contribution in [0.25, 0.3) is 0 Å². The van der Waals surface area contributed by atoms with Crippen molar-refractivity contribution in [1.29, 1.82) is 0 Å². The third-order valence-electron chi connectivity index (χ3n) is 2.94. The molecular weight excluding hydrogens is 395 g/mol. The van der Waals surface area contributed by atoms with Gasteiger partial charge in [-0.2, -0.15) is 35.1 Å². The zero-order valence-corrected chi connectivity index (χ0v) is 12.2. The molecule has 0 N–H and O–H groups in total. The van der Waals surface area contributed by atoms with Gasteiger partial charge in [0.2, 0.25) is 5.67 Å². The van der Waals surface area contributed by atoms with E-state index in [1.165, 1.54) is 0 Å². The lowest BCUT2D eigenvalue weighted by molar-refractivity contribution is -0.331. The van der Waals surface area contributed by atoms with Crippen molar-refractivity contribution < 1.29 is 39.5 Å². The first-order valence-corrected chi connectivity index (χ1v) is 6.40. The number of hydrogen-bond acceptors (Lipinski definition) is 0. The summed E-state index contributed by atoms with van der Waals surface area (Å²) in [4.78, 5) is 0. The van der Waals surface area contributed by atoms with Crippen molar-refractivity contribution in [2.75, 3.05) is 0 Å². The van der Waals surface area contributed by atoms with Gasteiger partial charge in [-0.05, 0) is 24.1 Å². The average molecular weight is 402 g/mol. The molecule has 125 valence electrons. The maximum absolute atomic E-state index is 14.4. The van der Waals surface area contributed by atoms with E-state index < -0.39 is 46.0 Å². The summed E-state index contributed by atoms with van der Waals surface area (Å²) in [5.41, 5.74) is -7.44. The van der Waals surface area contributed by atoms with Gasteiger partial charge in [-0.25, -0.2) is 4.39 Å². The van der Waals surface area contributed by atoms with Crippen molar-refractivity contribution in [2.45, 2.75) is 37.3 Å². The van der Waals surface area contributed by atoms with Gasteiger partial charge in [-0.1, -0.05) is 22.9 Å². The first-order chi connectivity index (χ1) is 9.66. The van der Waals surface area contributed by atoms with Crippen LogP contribution >= 0.6 is 15.9 Å². The van der Waals surface area contributed by atoms with E-state index in [1.54, 1.807) is 6.07 Å². The van der Waals surface area contributed by atoms with E-state index in [4.69, 9.17) is 0 Å². The second-order valence-electron chi connectivity index (χ2n) is 4.36. The fraction of sp³-hybridized carbons (Fsp3) is 0.500. The molecule has 0 bridgehead atoms. The largest absolute Gasteiger partial charge is 0.457 e. The number of hydrogen-bond donors (Lipinski definition) is 0. The van der Waals surface area contributed by atoms with Gasteiger partial charge in [0.15, 0.2) is 0 Å². The summed E-state index contributed by atoms with van der Waals surface area (Å²) < 4.78 is 116. The molecule has 0 nitrogen and oxygen atoms in total. The van der Waals surface area contributed by atoms with Crippen molar-refractivity contribution in [1.82, 2.24) is 0 Å². The summed E-state index contributed by atoms with van der Waals surface area (Å²) in [6, 6.07) is 1.98. The standard InChI is InChI=1S/C12H7BrF9/c1-2-9(14,11(18,19)12(20,21)22)6-3-7(10(15,16)17)5-8(13)4-6/h3-4H,2H2,1H3. The summed E-state index contributed by atoms with van der Waals surface area (Å²) in [6.07, 6.45) is -12.7. The lowest BCUT2D eigenvalue weighted by Gasteiger charge is -2.34. The number of halogens is 10. The minimum Gasteiger partial charge on any atom is -0.232 e. The van der Waals surface area contributed by atoms with Gasteiger partial charge in [0, 0.05) is 10.5 Å². The number of rotatable bonds is 3. The van der Waals surface area contributed by atoms with Crippen molar-refractivity contribution in [2.24, 2.45) is 0 Å². The van der Waals surface area contributed by atoms with E-state index in [9.17, 15) is 39.5 Å². The topological polar surface area (TPSA) is 0 Å². The van der Waals surface area contributed by atoms with Crippen LogP contribution in [0.4, 0.5) is 39.5 Å². The molecule has 1 aromatic rings. The molecule has 1 atom stereocenters. The molecule has 0 saturated heterocycles. The zero-order valence-electron chi connectivity index (χ0n) is 10.6. The Bertz CT molecular complexity index is 547. The van der Waals surface area contributed by atoms with Crippen LogP contribution in [0.3, 0.4) is 0 Å². The highest BCUT2D eigenvalue weighted by Gasteiger charge is 2.71. The van der Waals surface area contributed by atoms with Crippen LogP contribution < -0.4 is 0 Å². The Morgan fingerprint density at radius 3 is 1.82 bits per heavy atom. The Morgan fingerprint density at radius 2 is 1.45 bits per heavy atom. The van der Waals surface area contributed by atoms with Crippen LogP contribution in [0.1, 0.15) is 24.5 Å². The van der Waals surface area contributed by atoms with Crippen molar-refractivity contribution in [3.05, 3.63) is 33.8 Å². The van der Waals surface area contributed by atoms with Gasteiger partial charge in [-0.15, -0.1) is 0 Å². The molecule has 0 saturated carbocycles. The Morgan fingerprint density at radius 1 is 0.955 bits per heavy atom. The molecule has 1 unspecified atom stereocenters. The predicted molar refractivity (Wildman–Crippen MR) is 62.1 cm³/mol. The molecule has 0 aliphatic heterocycles. The van der Waals surface area contributed by atoms with Gasteiger partial charge >= 0.3 is 18.3 Å². The molecule has 10 heteroatoms. The van der Waals surface area contributed by atoms with Gasteiger partial charge < -0.3 is 0 Å². The highest BCUT2D eigenvalue weighted by molar-refractivity contribution is 9.10. The summed E-state index contributed by atoms with van der Waals surface area (Å²) in [5, 5.41) is 0. The monoisotopic (exact) mass is 401 g/mol. The first kappa shape index (κ1) is 19.1. The zero-order chi connectivity index (χ0) is 17.6. The van der Waals surface area contributed by atoms with Gasteiger partial charge in [-0.3, -0.25) is 0 Å². The highest BCUT2D eigenvalue weighted by atomic mass is 79.9. The molecule has 0 aliphatic rings. The Hall–Kier alpha value is -0.930. The van der Waals surface area contributed by atoms with Crippen LogP contribution in [-0.4, -0.2) is 12.1 Å². The Balaban J connectivity index is 3.59. The van der Waals surface area contributed by atoms with Gasteiger partial charge in [0.05, 0.1) is 5.56 Å². The molecule has 1 rings (SSSR count). The molecule has 1 aromatic carbocycles. The molecule has 0 fully saturated rings. The molecule has 0 aromatic heterocycles. The minimum atomic E-state index is -6.26. The van der Waals surface area contributed by atoms with Crippen molar-refractivity contribution >= 4 is 15.9 Å². The fourth-order valence-electron chi connectivity index (χ4n) is 1.75. The molecule has 22 heavy (non-hydrogen) atoms. The molecule has 0 amide bonds. The first-order valence-electron chi connectivity index (χ1n) is 5.61. The molecule has 0 heterocycles. The molecule has 0 spiro atoms. The van der Waals surface area contributed by atoms with Crippen LogP contribution in [0.5, 0.6) is 0 Å². The normalized spacial score (nSPS) is 16.5. The smallest absolute Gasteiger partial charge is 0.232 e. The summed E-state index contributed by atoms with van der Waals surface area (Å²) in [6.45, 7) is 0.678. The fourth-order valence-corrected chi connectivity index (χ4v) is 2.21. The third kappa shape index (κ3) is 3.21. The highest BCUT2D eigenvalue weighted by Crippen LogP contribution is 2.53. The quantitative estimate of drug-likeness (QED) is 0.541. The summed E-state index contributed by atoms with van der Waals surface area (Å²) in [7, 11) is 0. The molecular formula is C12H7BrF9. The maximum atomic E-state index is 14.4. The van der Waals surface area contributed by atoms with Gasteiger partial charge in [0.1, 0.15) is 0 Å². The van der Waals surface area contributed by atoms with E-state index in [0.29, 0.717) is 13.0 Å². The maximum Gasteiger partial charge on any atom is 0.457 e. The second kappa shape index (κ2) is 5.61. The molecule has 1 radical (unpaired) electrons. The lowest BCUT2D eigenvalue weighted by atomic mass is 9.85. The SMILES string of the molecule is CCC(F)(c1cc(Br)[c]c(C(F)(F)F)c1)C(F)(F)C(F)(F)F. The van der Waals surface area contributed by atoms with Gasteiger partial charge in [0.25, 0.3) is 0 Å². The predicted octanol–water partition coefficient (Wildman–Crippen LogP) is 6.04. The third-order valence-corrected chi connectivity index (χ3v) is 3.37. The van der Waals surface area contributed by atoms with Crippen LogP contribution in [0.2, 0.25) is 0 Å². The molecule has 0 aliphatic carbocycles. The van der Waals surface area contributed by atoms with Crippen molar-refractivity contribution in [3.63, 3.8) is 0 Å². The average Bonchev–Trinajstić information content (AvgIpc) is 2.34. The Kier molecular flexibility index (Phi) is 4.87. The van der Waals surface area contributed by atoms with E-state index in [1.807, 2.05) is 0 Å². The van der Waals surface area contributed by atoms with Crippen molar-refractivity contribution in [3.8, 4) is 0 Å². The van der Waals surface area contributed by atoms with Crippen LogP contribution in [0.15, 0.2) is 16.6 Å². The Labute approximate surface area is 127 Å². The van der Waals surface area contributed by atoms with Crippen LogP contribution in [-0.2, 0) is 11.8 Å². The second-order valence-corrected chi connectivity index (χ2v) is 5.21. The lowest BCUT2D eigenvalue weighted by Crippen LogP contribution is -2.52. The van der Waals surface area contributed by atoms with E-state index in [-0.39, 0.29) is 6.07 Å². The summed E-state index contributed by atoms with van der Waals surface area (Å²) >= 11 is 2.50.